The van der Waals surface area contributed by atoms with Gasteiger partial charge in [-0.15, -0.1) is 0 Å². The Labute approximate surface area is 368 Å². The van der Waals surface area contributed by atoms with E-state index in [-0.39, 0.29) is 49.7 Å². The van der Waals surface area contributed by atoms with Gasteiger partial charge >= 0.3 is 12.1 Å². The number of aliphatic hydroxyl groups excluding tert-OH is 5. The number of carbonyl (C=O) groups is 4. The minimum atomic E-state index is -1.66. The number of hydrogen-bond acceptors (Lipinski definition) is 13. The van der Waals surface area contributed by atoms with Crippen molar-refractivity contribution in [2.24, 2.45) is 29.2 Å². The fourth-order valence-corrected chi connectivity index (χ4v) is 7.41. The average molecular weight is 882 g/mol. The van der Waals surface area contributed by atoms with Gasteiger partial charge in [-0.25, -0.2) is 9.59 Å². The Hall–Kier alpha value is -3.42. The van der Waals surface area contributed by atoms with E-state index in [9.17, 15) is 44.7 Å². The second-order valence-electron chi connectivity index (χ2n) is 17.3. The zero-order valence-corrected chi connectivity index (χ0v) is 37.6. The van der Waals surface area contributed by atoms with Crippen molar-refractivity contribution in [3.8, 4) is 0 Å². The number of amides is 4. The smallest absolute Gasteiger partial charge is 0.407 e. The molecule has 0 aliphatic carbocycles. The maximum absolute atomic E-state index is 13.3. The van der Waals surface area contributed by atoms with Crippen LogP contribution < -0.4 is 27.4 Å². The summed E-state index contributed by atoms with van der Waals surface area (Å²) >= 11 is 0. The highest BCUT2D eigenvalue weighted by Gasteiger charge is 2.44. The second kappa shape index (κ2) is 30.6. The van der Waals surface area contributed by atoms with Gasteiger partial charge in [-0.05, 0) is 48.8 Å². The molecule has 0 aromatic heterocycles. The molecule has 1 heterocycles. The molecular formula is C45H79N5O12. The summed E-state index contributed by atoms with van der Waals surface area (Å²) in [4.78, 5) is 50.3. The van der Waals surface area contributed by atoms with Gasteiger partial charge in [-0.3, -0.25) is 9.59 Å². The fourth-order valence-electron chi connectivity index (χ4n) is 7.41. The lowest BCUT2D eigenvalue weighted by molar-refractivity contribution is -0.303. The van der Waals surface area contributed by atoms with Gasteiger partial charge in [-0.1, -0.05) is 117 Å². The molecule has 12 N–H and O–H groups in total. The van der Waals surface area contributed by atoms with Gasteiger partial charge in [-0.2, -0.15) is 0 Å². The number of aliphatic hydroxyl groups is 5. The van der Waals surface area contributed by atoms with Crippen LogP contribution in [0.1, 0.15) is 136 Å². The van der Waals surface area contributed by atoms with Crippen molar-refractivity contribution in [1.29, 1.82) is 0 Å². The Bertz CT molecular complexity index is 1420. The maximum Gasteiger partial charge on any atom is 0.407 e. The summed E-state index contributed by atoms with van der Waals surface area (Å²) in [6.45, 7) is 6.84. The van der Waals surface area contributed by atoms with Gasteiger partial charge in [0.2, 0.25) is 5.91 Å². The predicted octanol–water partition coefficient (Wildman–Crippen LogP) is 4.13. The number of rotatable bonds is 32. The quantitative estimate of drug-likeness (QED) is 0.0456. The first-order chi connectivity index (χ1) is 29.6. The first-order valence-electron chi connectivity index (χ1n) is 22.8. The Morgan fingerprint density at radius 3 is 1.98 bits per heavy atom. The number of alkyl carbamates (subject to hydrolysis) is 1. The van der Waals surface area contributed by atoms with Crippen LogP contribution >= 0.6 is 0 Å². The van der Waals surface area contributed by atoms with Gasteiger partial charge in [0, 0.05) is 24.6 Å². The van der Waals surface area contributed by atoms with E-state index in [1.165, 1.54) is 57.8 Å². The van der Waals surface area contributed by atoms with Gasteiger partial charge in [0.15, 0.2) is 12.1 Å². The first-order valence-corrected chi connectivity index (χ1v) is 22.8. The number of anilines is 1. The van der Waals surface area contributed by atoms with Crippen LogP contribution in [-0.2, 0) is 30.4 Å². The number of ether oxygens (including phenoxy) is 3. The van der Waals surface area contributed by atoms with Gasteiger partial charge in [0.1, 0.15) is 31.0 Å². The molecule has 1 aromatic rings. The summed E-state index contributed by atoms with van der Waals surface area (Å²) in [5, 5.41) is 59.9. The van der Waals surface area contributed by atoms with E-state index in [4.69, 9.17) is 25.7 Å². The summed E-state index contributed by atoms with van der Waals surface area (Å²) in [7, 11) is 0. The van der Waals surface area contributed by atoms with E-state index in [0.29, 0.717) is 30.5 Å². The summed E-state index contributed by atoms with van der Waals surface area (Å²) in [6.07, 6.45) is 6.27. The molecule has 17 heteroatoms. The first kappa shape index (κ1) is 54.7. The van der Waals surface area contributed by atoms with Crippen LogP contribution in [0.25, 0.3) is 0 Å². The van der Waals surface area contributed by atoms with E-state index in [0.717, 1.165) is 19.3 Å². The second-order valence-corrected chi connectivity index (χ2v) is 17.3. The Balaban J connectivity index is 1.99. The van der Waals surface area contributed by atoms with Crippen LogP contribution in [0.3, 0.4) is 0 Å². The molecule has 0 bridgehead atoms. The Kier molecular flexibility index (Phi) is 27.0. The van der Waals surface area contributed by atoms with Gasteiger partial charge < -0.3 is 67.2 Å². The number of hydrogen-bond donors (Lipinski definition) is 10. The molecule has 0 radical (unpaired) electrons. The van der Waals surface area contributed by atoms with E-state index < -0.39 is 73.5 Å². The number of urea groups is 1. The maximum atomic E-state index is 13.3. The number of ketones is 1. The minimum Gasteiger partial charge on any atom is -0.445 e. The van der Waals surface area contributed by atoms with Crippen LogP contribution in [0, 0.1) is 17.8 Å². The normalized spacial score (nSPS) is 21.4. The van der Waals surface area contributed by atoms with Crippen molar-refractivity contribution in [3.63, 3.8) is 0 Å². The van der Waals surface area contributed by atoms with Crippen LogP contribution in [0.4, 0.5) is 15.3 Å². The molecule has 62 heavy (non-hydrogen) atoms. The highest BCUT2D eigenvalue weighted by atomic mass is 16.7. The van der Waals surface area contributed by atoms with Crippen LogP contribution in [0.2, 0.25) is 0 Å². The number of primary amides is 1. The van der Waals surface area contributed by atoms with E-state index in [2.05, 4.69) is 22.9 Å². The SMILES string of the molecule is CCCCCCCCCCCCCC[C@@H](C)[C@@H](O)[C@H](CO[C@H]1OC(CO)[C@H](O)[C@H](O)C1O)NC(=O)OCc1ccc(NC(=O)[C@H](CCCNC(N)=O)CC(=O)[C@@H](N)C(C)C)cc1. The molecule has 4 amide bonds. The molecule has 1 aromatic carbocycles. The molecule has 1 aliphatic heterocycles. The van der Waals surface area contributed by atoms with E-state index in [1.54, 1.807) is 24.3 Å². The highest BCUT2D eigenvalue weighted by molar-refractivity contribution is 5.96. The molecule has 2 rings (SSSR count). The van der Waals surface area contributed by atoms with Crippen molar-refractivity contribution < 1.29 is 58.9 Å². The number of carbonyl (C=O) groups excluding carboxylic acids is 4. The van der Waals surface area contributed by atoms with E-state index in [1.807, 2.05) is 20.8 Å². The molecule has 1 saturated heterocycles. The number of nitrogens with two attached hydrogens (primary N) is 2. The predicted molar refractivity (Wildman–Crippen MR) is 236 cm³/mol. The number of unbranched alkanes of at least 4 members (excludes halogenated alkanes) is 11. The zero-order valence-electron chi connectivity index (χ0n) is 37.6. The van der Waals surface area contributed by atoms with Crippen molar-refractivity contribution >= 4 is 29.5 Å². The number of benzene rings is 1. The number of nitrogens with one attached hydrogen (secondary N) is 3. The molecule has 0 spiro atoms. The van der Waals surface area contributed by atoms with Crippen molar-refractivity contribution in [1.82, 2.24) is 10.6 Å². The largest absolute Gasteiger partial charge is 0.445 e. The minimum absolute atomic E-state index is 0.0653. The Morgan fingerprint density at radius 2 is 1.42 bits per heavy atom. The third-order valence-electron chi connectivity index (χ3n) is 11.6. The molecule has 0 saturated carbocycles. The lowest BCUT2D eigenvalue weighted by atomic mass is 9.90. The molecule has 1 aliphatic rings. The van der Waals surface area contributed by atoms with Crippen LogP contribution in [0.5, 0.6) is 0 Å². The molecule has 2 unspecified atom stereocenters. The third-order valence-corrected chi connectivity index (χ3v) is 11.6. The average Bonchev–Trinajstić information content (AvgIpc) is 3.25. The lowest BCUT2D eigenvalue weighted by Crippen LogP contribution is -2.60. The van der Waals surface area contributed by atoms with Crippen LogP contribution in [0.15, 0.2) is 24.3 Å². The van der Waals surface area contributed by atoms with E-state index >= 15 is 0 Å². The summed E-state index contributed by atoms with van der Waals surface area (Å²) in [6, 6.07) is 4.13. The Morgan fingerprint density at radius 1 is 0.823 bits per heavy atom. The van der Waals surface area contributed by atoms with Crippen molar-refractivity contribution in [2.45, 2.75) is 186 Å². The molecule has 17 nitrogen and oxygen atoms in total. The lowest BCUT2D eigenvalue weighted by Gasteiger charge is -2.40. The topological polar surface area (TPSA) is 285 Å². The summed E-state index contributed by atoms with van der Waals surface area (Å²) in [5.41, 5.74) is 12.2. The molecule has 1 fully saturated rings. The van der Waals surface area contributed by atoms with Crippen molar-refractivity contribution in [2.75, 3.05) is 25.1 Å². The molecule has 10 atom stereocenters. The summed E-state index contributed by atoms with van der Waals surface area (Å²) in [5.74, 6) is -1.69. The fraction of sp³-hybridized carbons (Fsp3) is 0.778. The van der Waals surface area contributed by atoms with Gasteiger partial charge in [0.05, 0.1) is 31.4 Å². The van der Waals surface area contributed by atoms with Gasteiger partial charge in [0.25, 0.3) is 0 Å². The molecular weight excluding hydrogens is 803 g/mol. The highest BCUT2D eigenvalue weighted by Crippen LogP contribution is 2.24. The summed E-state index contributed by atoms with van der Waals surface area (Å²) < 4.78 is 16.7. The monoisotopic (exact) mass is 882 g/mol. The van der Waals surface area contributed by atoms with Crippen LogP contribution in [-0.4, -0.2) is 118 Å². The zero-order chi connectivity index (χ0) is 46.0. The third kappa shape index (κ3) is 20.8. The number of Topliss-reactive ketones (excluding diaryl/α,β-unsaturated/α-hetero) is 1. The standard InChI is InChI=1S/C45H79N5O12/c1-5-6-7-8-9-10-11-12-13-14-15-16-18-30(4)38(53)34(28-60-43-41(56)40(55)39(54)36(26-51)62-43)50-45(59)61-27-31-20-22-33(23-21-31)49-42(57)32(19-17-24-48-44(47)58)25-35(52)37(46)29(2)3/h20-23,29-30,32,34,36-41,43,51,53-56H,5-19,24-28,46H2,1-4H3,(H,49,57)(H,50,59)(H3,47,48,58)/t30-,32-,34+,36?,37+,38-,39+,40+,41?,43+/m1/s1. The molecule has 356 valence electrons. The van der Waals surface area contributed by atoms with Crippen molar-refractivity contribution in [3.05, 3.63) is 29.8 Å².